The van der Waals surface area contributed by atoms with Gasteiger partial charge in [0.1, 0.15) is 23.2 Å². The van der Waals surface area contributed by atoms with Crippen molar-refractivity contribution in [1.29, 1.82) is 0 Å². The first-order valence-electron chi connectivity index (χ1n) is 7.01. The minimum absolute atomic E-state index is 0.0279. The maximum Gasteiger partial charge on any atom is 0.148 e. The number of anilines is 2. The van der Waals surface area contributed by atoms with Crippen LogP contribution in [0.4, 0.5) is 11.6 Å². The number of nitrogens with zero attached hydrogens (tertiary/aromatic N) is 3. The third-order valence-electron chi connectivity index (χ3n) is 3.52. The lowest BCUT2D eigenvalue weighted by atomic mass is 10.1. The van der Waals surface area contributed by atoms with Gasteiger partial charge in [0.05, 0.1) is 11.7 Å². The summed E-state index contributed by atoms with van der Waals surface area (Å²) in [5.74, 6) is 8.47. The van der Waals surface area contributed by atoms with Crippen LogP contribution in [0.25, 0.3) is 0 Å². The van der Waals surface area contributed by atoms with E-state index >= 15 is 0 Å². The third kappa shape index (κ3) is 2.97. The number of nitrogens with two attached hydrogens (primary N) is 1. The van der Waals surface area contributed by atoms with Crippen molar-refractivity contribution in [1.82, 2.24) is 15.1 Å². The van der Waals surface area contributed by atoms with Gasteiger partial charge in [-0.25, -0.2) is 15.8 Å². The van der Waals surface area contributed by atoms with Crippen LogP contribution in [-0.4, -0.2) is 15.1 Å². The van der Waals surface area contributed by atoms with Crippen LogP contribution < -0.4 is 16.6 Å². The number of rotatable bonds is 5. The van der Waals surface area contributed by atoms with Crippen LogP contribution in [0.2, 0.25) is 0 Å². The van der Waals surface area contributed by atoms with Gasteiger partial charge in [0.25, 0.3) is 0 Å². The van der Waals surface area contributed by atoms with E-state index in [-0.39, 0.29) is 6.04 Å². The molecule has 4 N–H and O–H groups in total. The zero-order valence-electron chi connectivity index (χ0n) is 13.1. The average Bonchev–Trinajstić information content (AvgIpc) is 2.80. The molecule has 0 fully saturated rings. The summed E-state index contributed by atoms with van der Waals surface area (Å²) < 4.78 is 5.22. The lowest BCUT2D eigenvalue weighted by Crippen LogP contribution is -2.16. The van der Waals surface area contributed by atoms with E-state index in [4.69, 9.17) is 10.4 Å². The molecule has 0 saturated heterocycles. The van der Waals surface area contributed by atoms with Crippen LogP contribution in [-0.2, 0) is 6.42 Å². The van der Waals surface area contributed by atoms with Crippen molar-refractivity contribution in [3.63, 3.8) is 0 Å². The minimum atomic E-state index is 0.0279. The molecule has 0 aliphatic heterocycles. The number of nitrogens with one attached hydrogen (secondary N) is 2. The molecule has 0 aliphatic carbocycles. The quantitative estimate of drug-likeness (QED) is 0.574. The van der Waals surface area contributed by atoms with Crippen LogP contribution in [0.1, 0.15) is 48.3 Å². The van der Waals surface area contributed by atoms with Gasteiger partial charge in [0.15, 0.2) is 0 Å². The van der Waals surface area contributed by atoms with Crippen LogP contribution >= 0.6 is 0 Å². The Bertz CT molecular complexity index is 617. The van der Waals surface area contributed by atoms with E-state index in [0.717, 1.165) is 40.6 Å². The Kier molecular flexibility index (Phi) is 4.42. The van der Waals surface area contributed by atoms with E-state index in [1.54, 1.807) is 0 Å². The molecule has 0 aliphatic rings. The van der Waals surface area contributed by atoms with Crippen LogP contribution in [0, 0.1) is 20.8 Å². The highest BCUT2D eigenvalue weighted by atomic mass is 16.5. The van der Waals surface area contributed by atoms with Gasteiger partial charge in [-0.3, -0.25) is 0 Å². The van der Waals surface area contributed by atoms with Crippen molar-refractivity contribution in [2.24, 2.45) is 5.84 Å². The third-order valence-corrected chi connectivity index (χ3v) is 3.52. The predicted molar refractivity (Wildman–Crippen MR) is 82.0 cm³/mol. The molecule has 114 valence electrons. The number of aromatic nitrogens is 3. The summed E-state index contributed by atoms with van der Waals surface area (Å²) in [6.07, 6.45) is 0.739. The summed E-state index contributed by atoms with van der Waals surface area (Å²) in [5.41, 5.74) is 5.43. The van der Waals surface area contributed by atoms with Crippen molar-refractivity contribution in [3.8, 4) is 0 Å². The maximum atomic E-state index is 5.52. The topological polar surface area (TPSA) is 102 Å². The molecule has 2 aromatic rings. The van der Waals surface area contributed by atoms with Crippen LogP contribution in [0.3, 0.4) is 0 Å². The summed E-state index contributed by atoms with van der Waals surface area (Å²) in [5, 5.41) is 7.39. The molecule has 0 saturated carbocycles. The highest BCUT2D eigenvalue weighted by molar-refractivity contribution is 5.57. The molecule has 7 heteroatoms. The second-order valence-electron chi connectivity index (χ2n) is 5.06. The Hall–Kier alpha value is -2.15. The summed E-state index contributed by atoms with van der Waals surface area (Å²) >= 11 is 0. The SMILES string of the molecule is CCc1nc(NN)c(C)c(NC(C)c2c(C)noc2C)n1. The number of hydrogen-bond acceptors (Lipinski definition) is 7. The summed E-state index contributed by atoms with van der Waals surface area (Å²) in [6, 6.07) is 0.0279. The van der Waals surface area contributed by atoms with E-state index in [1.165, 1.54) is 0 Å². The van der Waals surface area contributed by atoms with Gasteiger partial charge in [-0.2, -0.15) is 0 Å². The lowest BCUT2D eigenvalue weighted by molar-refractivity contribution is 0.392. The smallest absolute Gasteiger partial charge is 0.148 e. The molecule has 0 bridgehead atoms. The molecule has 0 radical (unpaired) electrons. The molecular weight excluding hydrogens is 268 g/mol. The molecule has 2 aromatic heterocycles. The first-order chi connectivity index (χ1) is 9.97. The fourth-order valence-electron chi connectivity index (χ4n) is 2.39. The second kappa shape index (κ2) is 6.09. The Labute approximate surface area is 124 Å². The zero-order valence-corrected chi connectivity index (χ0v) is 13.1. The van der Waals surface area contributed by atoms with Crippen LogP contribution in [0.5, 0.6) is 0 Å². The fraction of sp³-hybridized carbons (Fsp3) is 0.500. The average molecular weight is 290 g/mol. The number of nitrogen functional groups attached to an aromatic ring is 1. The van der Waals surface area contributed by atoms with E-state index in [2.05, 4.69) is 32.8 Å². The Morgan fingerprint density at radius 3 is 2.38 bits per heavy atom. The second-order valence-corrected chi connectivity index (χ2v) is 5.06. The van der Waals surface area contributed by atoms with Gasteiger partial charge in [-0.15, -0.1) is 0 Å². The largest absolute Gasteiger partial charge is 0.363 e. The molecule has 1 unspecified atom stereocenters. The zero-order chi connectivity index (χ0) is 15.6. The van der Waals surface area contributed by atoms with Gasteiger partial charge in [-0.1, -0.05) is 12.1 Å². The Morgan fingerprint density at radius 1 is 1.19 bits per heavy atom. The highest BCUT2D eigenvalue weighted by Crippen LogP contribution is 2.27. The van der Waals surface area contributed by atoms with Gasteiger partial charge in [-0.05, 0) is 27.7 Å². The van der Waals surface area contributed by atoms with E-state index in [9.17, 15) is 0 Å². The number of hydrogen-bond donors (Lipinski definition) is 3. The molecular formula is C14H22N6O. The highest BCUT2D eigenvalue weighted by Gasteiger charge is 2.18. The Morgan fingerprint density at radius 2 is 1.86 bits per heavy atom. The van der Waals surface area contributed by atoms with Crippen molar-refractivity contribution < 1.29 is 4.52 Å². The summed E-state index contributed by atoms with van der Waals surface area (Å²) in [6.45, 7) is 9.82. The first-order valence-corrected chi connectivity index (χ1v) is 7.01. The van der Waals surface area contributed by atoms with Gasteiger partial charge >= 0.3 is 0 Å². The van der Waals surface area contributed by atoms with Crippen molar-refractivity contribution in [2.45, 2.75) is 47.1 Å². The molecule has 21 heavy (non-hydrogen) atoms. The number of aryl methyl sites for hydroxylation is 3. The lowest BCUT2D eigenvalue weighted by Gasteiger charge is -2.18. The summed E-state index contributed by atoms with van der Waals surface area (Å²) in [7, 11) is 0. The molecule has 7 nitrogen and oxygen atoms in total. The van der Waals surface area contributed by atoms with Gasteiger partial charge in [0, 0.05) is 17.5 Å². The van der Waals surface area contributed by atoms with E-state index in [1.807, 2.05) is 27.7 Å². The molecule has 0 amide bonds. The maximum absolute atomic E-state index is 5.52. The molecule has 0 aromatic carbocycles. The van der Waals surface area contributed by atoms with Gasteiger partial charge in [0.2, 0.25) is 0 Å². The standard InChI is InChI=1S/C14H22N6O/c1-6-11-17-13(7(2)14(18-11)19-15)16-8(3)12-9(4)20-21-10(12)5/h8H,6,15H2,1-5H3,(H2,16,17,18,19). The number of hydrazine groups is 1. The summed E-state index contributed by atoms with van der Waals surface area (Å²) in [4.78, 5) is 8.90. The Balaban J connectivity index is 2.35. The monoisotopic (exact) mass is 290 g/mol. The molecule has 1 atom stereocenters. The van der Waals surface area contributed by atoms with Crippen molar-refractivity contribution in [2.75, 3.05) is 10.7 Å². The molecule has 0 spiro atoms. The predicted octanol–water partition coefficient (Wildman–Crippen LogP) is 2.41. The molecule has 2 rings (SSSR count). The normalized spacial score (nSPS) is 12.3. The van der Waals surface area contributed by atoms with Crippen molar-refractivity contribution in [3.05, 3.63) is 28.4 Å². The van der Waals surface area contributed by atoms with Crippen molar-refractivity contribution >= 4 is 11.6 Å². The van der Waals surface area contributed by atoms with E-state index < -0.39 is 0 Å². The fourth-order valence-corrected chi connectivity index (χ4v) is 2.39. The van der Waals surface area contributed by atoms with Gasteiger partial charge < -0.3 is 15.3 Å². The van der Waals surface area contributed by atoms with E-state index in [0.29, 0.717) is 5.82 Å². The minimum Gasteiger partial charge on any atom is -0.363 e. The molecule has 2 heterocycles. The van der Waals surface area contributed by atoms with Crippen LogP contribution in [0.15, 0.2) is 4.52 Å². The first kappa shape index (κ1) is 15.2.